The lowest BCUT2D eigenvalue weighted by molar-refractivity contribution is -0.157. The molecule has 0 saturated carbocycles. The molecule has 7 nitrogen and oxygen atoms in total. The lowest BCUT2D eigenvalue weighted by atomic mass is 10.0. The van der Waals surface area contributed by atoms with E-state index in [1.54, 1.807) is 39.0 Å². The minimum Gasteiger partial charge on any atom is -0.458 e. The molecule has 1 atom stereocenters. The Labute approximate surface area is 169 Å². The van der Waals surface area contributed by atoms with Crippen LogP contribution in [0.2, 0.25) is 0 Å². The number of benzene rings is 2. The van der Waals surface area contributed by atoms with Gasteiger partial charge < -0.3 is 20.2 Å². The molecular weight excluding hydrogens is 370 g/mol. The van der Waals surface area contributed by atoms with E-state index >= 15 is 0 Å². The SMILES string of the molecule is CC(C)(C)OC(=O)[C@H](CCc1ccccc1)NC(=O)c1ccc2oc(N)nc2c1. The van der Waals surface area contributed by atoms with Gasteiger partial charge in [-0.3, -0.25) is 4.79 Å². The molecule has 0 aliphatic carbocycles. The van der Waals surface area contributed by atoms with Gasteiger partial charge in [0.1, 0.15) is 17.2 Å². The first kappa shape index (κ1) is 20.4. The zero-order valence-corrected chi connectivity index (χ0v) is 16.8. The maximum atomic E-state index is 12.8. The molecule has 2 aromatic carbocycles. The van der Waals surface area contributed by atoms with Crippen molar-refractivity contribution in [2.24, 2.45) is 0 Å². The second kappa shape index (κ2) is 8.34. The summed E-state index contributed by atoms with van der Waals surface area (Å²) in [6.45, 7) is 5.39. The van der Waals surface area contributed by atoms with Crippen LogP contribution in [0.4, 0.5) is 6.01 Å². The number of nitrogens with zero attached hydrogens (tertiary/aromatic N) is 1. The van der Waals surface area contributed by atoms with Gasteiger partial charge in [0.15, 0.2) is 5.58 Å². The van der Waals surface area contributed by atoms with Crippen LogP contribution >= 0.6 is 0 Å². The van der Waals surface area contributed by atoms with E-state index in [1.807, 2.05) is 30.3 Å². The third-order valence-corrected chi connectivity index (χ3v) is 4.23. The molecule has 0 fully saturated rings. The topological polar surface area (TPSA) is 107 Å². The average molecular weight is 395 g/mol. The number of hydrogen-bond donors (Lipinski definition) is 2. The Kier molecular flexibility index (Phi) is 5.87. The predicted molar refractivity (Wildman–Crippen MR) is 110 cm³/mol. The van der Waals surface area contributed by atoms with Crippen molar-refractivity contribution in [3.8, 4) is 0 Å². The minimum absolute atomic E-state index is 0.0343. The molecule has 3 N–H and O–H groups in total. The molecule has 0 bridgehead atoms. The largest absolute Gasteiger partial charge is 0.458 e. The van der Waals surface area contributed by atoms with Crippen LogP contribution in [-0.2, 0) is 16.0 Å². The van der Waals surface area contributed by atoms with Crippen molar-refractivity contribution < 1.29 is 18.7 Å². The van der Waals surface area contributed by atoms with E-state index in [-0.39, 0.29) is 6.01 Å². The number of nitrogen functional groups attached to an aromatic ring is 1. The molecule has 0 radical (unpaired) electrons. The number of aromatic nitrogens is 1. The van der Waals surface area contributed by atoms with Crippen molar-refractivity contribution in [3.63, 3.8) is 0 Å². The smallest absolute Gasteiger partial charge is 0.329 e. The number of oxazole rings is 1. The maximum absolute atomic E-state index is 12.8. The number of ether oxygens (including phenoxy) is 1. The van der Waals surface area contributed by atoms with Crippen LogP contribution < -0.4 is 11.1 Å². The summed E-state index contributed by atoms with van der Waals surface area (Å²) in [5, 5.41) is 2.79. The van der Waals surface area contributed by atoms with Crippen LogP contribution in [-0.4, -0.2) is 28.5 Å². The molecule has 0 aliphatic heterocycles. The van der Waals surface area contributed by atoms with Crippen molar-refractivity contribution in [1.29, 1.82) is 0 Å². The maximum Gasteiger partial charge on any atom is 0.329 e. The second-order valence-electron chi connectivity index (χ2n) is 7.82. The Morgan fingerprint density at radius 1 is 1.17 bits per heavy atom. The Balaban J connectivity index is 1.76. The fraction of sp³-hybridized carbons (Fsp3) is 0.318. The Morgan fingerprint density at radius 2 is 1.90 bits per heavy atom. The van der Waals surface area contributed by atoms with Crippen LogP contribution in [0.1, 0.15) is 43.1 Å². The lowest BCUT2D eigenvalue weighted by Gasteiger charge is -2.24. The summed E-state index contributed by atoms with van der Waals surface area (Å²) < 4.78 is 10.7. The van der Waals surface area contributed by atoms with E-state index in [2.05, 4.69) is 10.3 Å². The normalized spacial score (nSPS) is 12.5. The van der Waals surface area contributed by atoms with Gasteiger partial charge in [-0.1, -0.05) is 30.3 Å². The number of rotatable bonds is 6. The number of aryl methyl sites for hydroxylation is 1. The highest BCUT2D eigenvalue weighted by Gasteiger charge is 2.27. The second-order valence-corrected chi connectivity index (χ2v) is 7.82. The van der Waals surface area contributed by atoms with Crippen molar-refractivity contribution >= 4 is 29.0 Å². The molecule has 3 rings (SSSR count). The molecule has 0 saturated heterocycles. The number of nitrogens with two attached hydrogens (primary N) is 1. The molecule has 1 amide bonds. The summed E-state index contributed by atoms with van der Waals surface area (Å²) in [5.74, 6) is -0.856. The Morgan fingerprint density at radius 3 is 2.59 bits per heavy atom. The van der Waals surface area contributed by atoms with E-state index in [1.165, 1.54) is 0 Å². The molecule has 0 spiro atoms. The molecule has 29 heavy (non-hydrogen) atoms. The number of hydrogen-bond acceptors (Lipinski definition) is 6. The summed E-state index contributed by atoms with van der Waals surface area (Å²) >= 11 is 0. The van der Waals surface area contributed by atoms with Crippen LogP contribution in [0, 0.1) is 0 Å². The summed E-state index contributed by atoms with van der Waals surface area (Å²) in [4.78, 5) is 29.5. The number of carbonyl (C=O) groups is 2. The fourth-order valence-corrected chi connectivity index (χ4v) is 2.91. The number of amides is 1. The van der Waals surface area contributed by atoms with Crippen molar-refractivity contribution in [3.05, 3.63) is 59.7 Å². The van der Waals surface area contributed by atoms with E-state index in [0.29, 0.717) is 29.5 Å². The van der Waals surface area contributed by atoms with Gasteiger partial charge in [-0.25, -0.2) is 4.79 Å². The van der Waals surface area contributed by atoms with Crippen molar-refractivity contribution in [2.75, 3.05) is 5.73 Å². The molecular formula is C22H25N3O4. The van der Waals surface area contributed by atoms with E-state index < -0.39 is 23.5 Å². The van der Waals surface area contributed by atoms with Gasteiger partial charge in [0.25, 0.3) is 11.9 Å². The quantitative estimate of drug-likeness (QED) is 0.619. The first-order valence-corrected chi connectivity index (χ1v) is 9.45. The molecule has 3 aromatic rings. The highest BCUT2D eigenvalue weighted by molar-refractivity contribution is 5.99. The summed E-state index contributed by atoms with van der Waals surface area (Å²) in [5.41, 5.74) is 7.31. The number of esters is 1. The van der Waals surface area contributed by atoms with Gasteiger partial charge in [-0.15, -0.1) is 0 Å². The molecule has 0 aliphatic rings. The average Bonchev–Trinajstić information content (AvgIpc) is 3.03. The summed E-state index contributed by atoms with van der Waals surface area (Å²) in [6, 6.07) is 13.8. The predicted octanol–water partition coefficient (Wildman–Crippen LogP) is 3.48. The lowest BCUT2D eigenvalue weighted by Crippen LogP contribution is -2.44. The van der Waals surface area contributed by atoms with Crippen LogP contribution in [0.5, 0.6) is 0 Å². The highest BCUT2D eigenvalue weighted by Crippen LogP contribution is 2.19. The van der Waals surface area contributed by atoms with Crippen molar-refractivity contribution in [2.45, 2.75) is 45.3 Å². The van der Waals surface area contributed by atoms with E-state index in [9.17, 15) is 9.59 Å². The van der Waals surface area contributed by atoms with E-state index in [4.69, 9.17) is 14.9 Å². The van der Waals surface area contributed by atoms with Crippen LogP contribution in [0.3, 0.4) is 0 Å². The number of nitrogens with one attached hydrogen (secondary N) is 1. The Bertz CT molecular complexity index is 1010. The van der Waals surface area contributed by atoms with Crippen molar-refractivity contribution in [1.82, 2.24) is 10.3 Å². The van der Waals surface area contributed by atoms with Gasteiger partial charge >= 0.3 is 5.97 Å². The first-order chi connectivity index (χ1) is 13.7. The van der Waals surface area contributed by atoms with Gasteiger partial charge in [0.05, 0.1) is 0 Å². The van der Waals surface area contributed by atoms with Gasteiger partial charge in [0, 0.05) is 5.56 Å². The zero-order valence-electron chi connectivity index (χ0n) is 16.8. The molecule has 1 aromatic heterocycles. The molecule has 0 unspecified atom stereocenters. The van der Waals surface area contributed by atoms with Crippen LogP contribution in [0.15, 0.2) is 52.9 Å². The third kappa shape index (κ3) is 5.57. The minimum atomic E-state index is -0.778. The first-order valence-electron chi connectivity index (χ1n) is 9.45. The highest BCUT2D eigenvalue weighted by atomic mass is 16.6. The standard InChI is InChI=1S/C22H25N3O4/c1-22(2,3)29-20(27)16(11-9-14-7-5-4-6-8-14)24-19(26)15-10-12-18-17(13-15)25-21(23)28-18/h4-8,10,12-13,16H,9,11H2,1-3H3,(H2,23,25)(H,24,26)/t16-/m0/s1. The number of carbonyl (C=O) groups excluding carboxylic acids is 2. The monoisotopic (exact) mass is 395 g/mol. The summed E-state index contributed by atoms with van der Waals surface area (Å²) in [6.07, 6.45) is 1.05. The number of anilines is 1. The number of fused-ring (bicyclic) bond motifs is 1. The van der Waals surface area contributed by atoms with Crippen LogP contribution in [0.25, 0.3) is 11.1 Å². The van der Waals surface area contributed by atoms with Gasteiger partial charge in [-0.05, 0) is 57.4 Å². The molecule has 152 valence electrons. The Hall–Kier alpha value is -3.35. The summed E-state index contributed by atoms with van der Waals surface area (Å²) in [7, 11) is 0. The fourth-order valence-electron chi connectivity index (χ4n) is 2.91. The third-order valence-electron chi connectivity index (χ3n) is 4.23. The molecule has 7 heteroatoms. The zero-order chi connectivity index (χ0) is 21.0. The van der Waals surface area contributed by atoms with Gasteiger partial charge in [-0.2, -0.15) is 4.98 Å². The van der Waals surface area contributed by atoms with E-state index in [0.717, 1.165) is 5.56 Å². The van der Waals surface area contributed by atoms with Gasteiger partial charge in [0.2, 0.25) is 0 Å². The molecule has 1 heterocycles.